The molecule has 0 aliphatic heterocycles. The summed E-state index contributed by atoms with van der Waals surface area (Å²) in [5.41, 5.74) is 2.86. The summed E-state index contributed by atoms with van der Waals surface area (Å²) in [6.45, 7) is 5.61. The second-order valence-electron chi connectivity index (χ2n) is 3.18. The first-order chi connectivity index (χ1) is 6.02. The van der Waals surface area contributed by atoms with E-state index in [-0.39, 0.29) is 18.2 Å². The highest BCUT2D eigenvalue weighted by atomic mass is 35.5. The summed E-state index contributed by atoms with van der Waals surface area (Å²) in [4.78, 5) is 11.8. The summed E-state index contributed by atoms with van der Waals surface area (Å²) < 4.78 is 1.87. The van der Waals surface area contributed by atoms with Crippen molar-refractivity contribution in [1.82, 2.24) is 0 Å². The number of aliphatic hydroxyl groups excluding tert-OH is 1. The van der Waals surface area contributed by atoms with Crippen molar-refractivity contribution in [1.29, 1.82) is 0 Å². The molecule has 1 heterocycles. The number of Topliss-reactive ketones (excluding diaryl/α,β-unsaturated/α-hetero) is 1. The Morgan fingerprint density at radius 3 is 2.64 bits per heavy atom. The van der Waals surface area contributed by atoms with Crippen LogP contribution in [0.15, 0.2) is 5.51 Å². The minimum absolute atomic E-state index is 0. The van der Waals surface area contributed by atoms with Crippen LogP contribution in [0.5, 0.6) is 0 Å². The number of carbonyl (C=O) groups is 1. The third-order valence-corrected chi connectivity index (χ3v) is 3.12. The Morgan fingerprint density at radius 2 is 2.29 bits per heavy atom. The van der Waals surface area contributed by atoms with Crippen LogP contribution in [0.25, 0.3) is 0 Å². The highest BCUT2D eigenvalue weighted by molar-refractivity contribution is 7.09. The zero-order valence-electron chi connectivity index (χ0n) is 8.45. The predicted octanol–water partition coefficient (Wildman–Crippen LogP) is -2.01. The maximum Gasteiger partial charge on any atom is 0.225 e. The van der Waals surface area contributed by atoms with E-state index in [4.69, 9.17) is 0 Å². The van der Waals surface area contributed by atoms with Gasteiger partial charge in [0.1, 0.15) is 4.88 Å². The van der Waals surface area contributed by atoms with E-state index in [1.807, 2.05) is 17.0 Å². The van der Waals surface area contributed by atoms with Crippen molar-refractivity contribution in [2.24, 2.45) is 0 Å². The Bertz CT molecular complexity index is 323. The van der Waals surface area contributed by atoms with Gasteiger partial charge in [0.25, 0.3) is 0 Å². The largest absolute Gasteiger partial charge is 1.00 e. The van der Waals surface area contributed by atoms with Crippen LogP contribution >= 0.6 is 11.3 Å². The van der Waals surface area contributed by atoms with Gasteiger partial charge in [0.15, 0.2) is 11.5 Å². The second-order valence-corrected chi connectivity index (χ2v) is 4.07. The molecule has 1 atom stereocenters. The molecule has 0 aromatic carbocycles. The molecule has 0 bridgehead atoms. The molecule has 1 aromatic rings. The minimum Gasteiger partial charge on any atom is -1.00 e. The van der Waals surface area contributed by atoms with Crippen LogP contribution in [-0.4, -0.2) is 10.9 Å². The van der Waals surface area contributed by atoms with Crippen molar-refractivity contribution in [3.63, 3.8) is 0 Å². The highest BCUT2D eigenvalue weighted by Gasteiger charge is 2.19. The van der Waals surface area contributed by atoms with Gasteiger partial charge >= 0.3 is 0 Å². The Balaban J connectivity index is 0.00000169. The van der Waals surface area contributed by atoms with Gasteiger partial charge < -0.3 is 17.5 Å². The summed E-state index contributed by atoms with van der Waals surface area (Å²) in [5.74, 6) is 0.128. The number of ketones is 1. The van der Waals surface area contributed by atoms with Crippen LogP contribution in [0, 0.1) is 6.92 Å². The Hall–Kier alpha value is -0.450. The summed E-state index contributed by atoms with van der Waals surface area (Å²) in [6.07, 6.45) is -0.446. The van der Waals surface area contributed by atoms with Gasteiger partial charge in [0, 0.05) is 13.8 Å². The molecule has 0 radical (unpaired) electrons. The van der Waals surface area contributed by atoms with Gasteiger partial charge in [-0.05, 0) is 6.92 Å². The number of aromatic nitrogens is 1. The average molecular weight is 236 g/mol. The number of halogens is 1. The number of hydrogen-bond acceptors (Lipinski definition) is 3. The Labute approximate surface area is 93.8 Å². The summed E-state index contributed by atoms with van der Waals surface area (Å²) in [5, 5.41) is 9.36. The van der Waals surface area contributed by atoms with Crippen LogP contribution in [0.4, 0.5) is 0 Å². The fourth-order valence-electron chi connectivity index (χ4n) is 1.22. The molecule has 0 aliphatic rings. The smallest absolute Gasteiger partial charge is 0.225 e. The molecule has 80 valence electrons. The number of rotatable bonds is 3. The zero-order chi connectivity index (χ0) is 10.0. The predicted molar refractivity (Wildman–Crippen MR) is 50.6 cm³/mol. The molecule has 0 aliphatic carbocycles. The maximum absolute atomic E-state index is 10.9. The van der Waals surface area contributed by atoms with E-state index in [0.717, 1.165) is 10.6 Å². The third-order valence-electron chi connectivity index (χ3n) is 1.87. The number of hydrogen-bond donors (Lipinski definition) is 1. The molecule has 3 nitrogen and oxygen atoms in total. The van der Waals surface area contributed by atoms with Gasteiger partial charge in [-0.1, -0.05) is 11.3 Å². The van der Waals surface area contributed by atoms with Crippen molar-refractivity contribution < 1.29 is 26.9 Å². The summed E-state index contributed by atoms with van der Waals surface area (Å²) in [6, 6.07) is 0. The normalized spacial score (nSPS) is 12.0. The molecule has 1 aromatic heterocycles. The first kappa shape index (κ1) is 13.5. The summed E-state index contributed by atoms with van der Waals surface area (Å²) in [7, 11) is 0. The van der Waals surface area contributed by atoms with E-state index >= 15 is 0 Å². The van der Waals surface area contributed by atoms with Crippen LogP contribution in [0.1, 0.15) is 30.5 Å². The molecule has 0 amide bonds. The van der Waals surface area contributed by atoms with Crippen molar-refractivity contribution >= 4 is 17.1 Å². The molecular weight excluding hydrogens is 222 g/mol. The number of nitrogens with zero attached hydrogens (tertiary/aromatic N) is 1. The zero-order valence-corrected chi connectivity index (χ0v) is 10.0. The van der Waals surface area contributed by atoms with Crippen LogP contribution in [0.2, 0.25) is 0 Å². The number of thiazole rings is 1. The molecule has 1 unspecified atom stereocenters. The van der Waals surface area contributed by atoms with Crippen LogP contribution in [-0.2, 0) is 11.3 Å². The van der Waals surface area contributed by atoms with Gasteiger partial charge in [-0.15, -0.1) is 0 Å². The molecule has 1 rings (SSSR count). The number of carbonyl (C=O) groups excluding carboxylic acids is 1. The quantitative estimate of drug-likeness (QED) is 0.616. The van der Waals surface area contributed by atoms with Crippen molar-refractivity contribution in [3.8, 4) is 0 Å². The molecule has 5 heteroatoms. The van der Waals surface area contributed by atoms with E-state index in [1.54, 1.807) is 13.8 Å². The highest BCUT2D eigenvalue weighted by Crippen LogP contribution is 2.19. The van der Waals surface area contributed by atoms with Gasteiger partial charge in [0.2, 0.25) is 12.1 Å². The van der Waals surface area contributed by atoms with E-state index in [2.05, 4.69) is 0 Å². The van der Waals surface area contributed by atoms with E-state index in [0.29, 0.717) is 6.54 Å². The lowest BCUT2D eigenvalue weighted by atomic mass is 10.3. The second kappa shape index (κ2) is 5.44. The van der Waals surface area contributed by atoms with E-state index < -0.39 is 6.10 Å². The molecule has 14 heavy (non-hydrogen) atoms. The Morgan fingerprint density at radius 1 is 1.71 bits per heavy atom. The fraction of sp³-hybridized carbons (Fsp3) is 0.556. The molecular formula is C9H14ClNO2S. The third kappa shape index (κ3) is 3.04. The first-order valence-corrected chi connectivity index (χ1v) is 5.05. The van der Waals surface area contributed by atoms with Crippen LogP contribution in [0.3, 0.4) is 0 Å². The van der Waals surface area contributed by atoms with Gasteiger partial charge in [-0.25, -0.2) is 0 Å². The van der Waals surface area contributed by atoms with Gasteiger partial charge in [-0.2, -0.15) is 4.57 Å². The van der Waals surface area contributed by atoms with Gasteiger partial charge in [0.05, 0.1) is 6.10 Å². The lowest BCUT2D eigenvalue weighted by molar-refractivity contribution is -0.685. The SMILES string of the molecule is CC(=O)C[n+]1csc(C(C)O)c1C.[Cl-]. The fourth-order valence-corrected chi connectivity index (χ4v) is 2.18. The Kier molecular flexibility index (Phi) is 5.26. The molecule has 0 fully saturated rings. The maximum atomic E-state index is 10.9. The van der Waals surface area contributed by atoms with E-state index in [9.17, 15) is 9.90 Å². The topological polar surface area (TPSA) is 41.2 Å². The van der Waals surface area contributed by atoms with Crippen molar-refractivity contribution in [2.45, 2.75) is 33.4 Å². The molecule has 1 N–H and O–H groups in total. The average Bonchev–Trinajstić information content (AvgIpc) is 2.32. The molecule has 0 saturated carbocycles. The molecule has 0 spiro atoms. The lowest BCUT2D eigenvalue weighted by Gasteiger charge is -1.97. The molecule has 0 saturated heterocycles. The minimum atomic E-state index is -0.446. The van der Waals surface area contributed by atoms with Crippen molar-refractivity contribution in [3.05, 3.63) is 16.1 Å². The van der Waals surface area contributed by atoms with Gasteiger partial charge in [-0.3, -0.25) is 4.79 Å². The van der Waals surface area contributed by atoms with Crippen LogP contribution < -0.4 is 17.0 Å². The number of aliphatic hydroxyl groups is 1. The van der Waals surface area contributed by atoms with Crippen molar-refractivity contribution in [2.75, 3.05) is 0 Å². The summed E-state index contributed by atoms with van der Waals surface area (Å²) >= 11 is 1.49. The monoisotopic (exact) mass is 235 g/mol. The lowest BCUT2D eigenvalue weighted by Crippen LogP contribution is -3.00. The van der Waals surface area contributed by atoms with E-state index in [1.165, 1.54) is 11.3 Å². The first-order valence-electron chi connectivity index (χ1n) is 4.17. The standard InChI is InChI=1S/C9H14NO2S.ClH/c1-6(11)4-10-5-13-9(7(10)2)8(3)12;/h5,8,12H,4H2,1-3H3;1H/q+1;/p-1.